The predicted molar refractivity (Wildman–Crippen MR) is 120 cm³/mol. The number of rotatable bonds is 4. The molecule has 0 spiro atoms. The summed E-state index contributed by atoms with van der Waals surface area (Å²) in [7, 11) is 0. The number of anilines is 1. The van der Waals surface area contributed by atoms with Crippen molar-refractivity contribution in [2.24, 2.45) is 0 Å². The minimum absolute atomic E-state index is 0.0670. The molecule has 9 heteroatoms. The summed E-state index contributed by atoms with van der Waals surface area (Å²) in [5.41, 5.74) is 2.32. The average Bonchev–Trinajstić information content (AvgIpc) is 3.37. The Balaban J connectivity index is 1.39. The van der Waals surface area contributed by atoms with E-state index in [2.05, 4.69) is 30.3 Å². The summed E-state index contributed by atoms with van der Waals surface area (Å²) < 4.78 is 16.6. The van der Waals surface area contributed by atoms with E-state index in [1.807, 2.05) is 6.07 Å². The van der Waals surface area contributed by atoms with Crippen LogP contribution in [-0.2, 0) is 13.0 Å². The Morgan fingerprint density at radius 1 is 1.06 bits per heavy atom. The first-order valence-electron chi connectivity index (χ1n) is 10.4. The van der Waals surface area contributed by atoms with Gasteiger partial charge in [-0.05, 0) is 49.2 Å². The summed E-state index contributed by atoms with van der Waals surface area (Å²) in [5.74, 6) is 0.592. The number of aryl methyl sites for hydroxylation is 1. The van der Waals surface area contributed by atoms with E-state index in [0.29, 0.717) is 22.1 Å². The van der Waals surface area contributed by atoms with Crippen LogP contribution in [0.1, 0.15) is 35.6 Å². The van der Waals surface area contributed by atoms with Crippen molar-refractivity contribution in [2.75, 3.05) is 5.32 Å². The van der Waals surface area contributed by atoms with Gasteiger partial charge in [0.2, 0.25) is 0 Å². The molecule has 5 rings (SSSR count). The third-order valence-corrected chi connectivity index (χ3v) is 5.76. The SMILES string of the molecule is O=C(Nc1cc(-c2nnc3n2CCCCC3)ccc1F)c1cc(-c2cccc(Cl)c2)n[nH]1. The van der Waals surface area contributed by atoms with Gasteiger partial charge in [-0.15, -0.1) is 10.2 Å². The van der Waals surface area contributed by atoms with E-state index in [1.165, 1.54) is 6.07 Å². The number of fused-ring (bicyclic) bond motifs is 1. The van der Waals surface area contributed by atoms with Crippen LogP contribution in [-0.4, -0.2) is 30.9 Å². The minimum atomic E-state index is -0.535. The van der Waals surface area contributed by atoms with Crippen LogP contribution in [0, 0.1) is 5.82 Å². The van der Waals surface area contributed by atoms with Gasteiger partial charge in [-0.1, -0.05) is 30.2 Å². The molecule has 0 unspecified atom stereocenters. The lowest BCUT2D eigenvalue weighted by atomic mass is 10.1. The number of carbonyl (C=O) groups excluding carboxylic acids is 1. The lowest BCUT2D eigenvalue weighted by Crippen LogP contribution is -2.13. The average molecular weight is 451 g/mol. The highest BCUT2D eigenvalue weighted by atomic mass is 35.5. The molecule has 1 amide bonds. The Labute approximate surface area is 188 Å². The van der Waals surface area contributed by atoms with Crippen LogP contribution in [0.3, 0.4) is 0 Å². The Morgan fingerprint density at radius 3 is 2.84 bits per heavy atom. The number of H-pyrrole nitrogens is 1. The second-order valence-corrected chi connectivity index (χ2v) is 8.16. The van der Waals surface area contributed by atoms with E-state index < -0.39 is 11.7 Å². The Hall–Kier alpha value is -3.52. The predicted octanol–water partition coefficient (Wildman–Crippen LogP) is 5.11. The van der Waals surface area contributed by atoms with E-state index in [0.717, 1.165) is 43.6 Å². The monoisotopic (exact) mass is 450 g/mol. The highest BCUT2D eigenvalue weighted by Crippen LogP contribution is 2.27. The standard InChI is InChI=1S/C23H20ClFN6O/c24-16-6-4-5-14(11-16)18-13-20(28-27-18)23(32)26-19-12-15(8-9-17(19)25)22-30-29-21-7-2-1-3-10-31(21)22/h4-6,8-9,11-13H,1-3,7,10H2,(H,26,32)(H,27,28). The topological polar surface area (TPSA) is 88.5 Å². The summed E-state index contributed by atoms with van der Waals surface area (Å²) in [6, 6.07) is 13.3. The lowest BCUT2D eigenvalue weighted by molar-refractivity contribution is 0.102. The molecule has 0 saturated heterocycles. The molecular weight excluding hydrogens is 431 g/mol. The number of amides is 1. The summed E-state index contributed by atoms with van der Waals surface area (Å²) in [6.07, 6.45) is 4.17. The van der Waals surface area contributed by atoms with Gasteiger partial charge < -0.3 is 9.88 Å². The summed E-state index contributed by atoms with van der Waals surface area (Å²) in [4.78, 5) is 12.7. The Bertz CT molecular complexity index is 1300. The van der Waals surface area contributed by atoms with Gasteiger partial charge in [-0.3, -0.25) is 9.89 Å². The number of halogens is 2. The number of benzene rings is 2. The second-order valence-electron chi connectivity index (χ2n) is 7.73. The Morgan fingerprint density at radius 2 is 1.97 bits per heavy atom. The fraction of sp³-hybridized carbons (Fsp3) is 0.217. The van der Waals surface area contributed by atoms with Gasteiger partial charge in [0.05, 0.1) is 11.4 Å². The smallest absolute Gasteiger partial charge is 0.273 e. The van der Waals surface area contributed by atoms with Crippen molar-refractivity contribution in [1.29, 1.82) is 0 Å². The molecule has 0 saturated carbocycles. The van der Waals surface area contributed by atoms with Gasteiger partial charge in [0.25, 0.3) is 5.91 Å². The summed E-state index contributed by atoms with van der Waals surface area (Å²) in [6.45, 7) is 0.831. The van der Waals surface area contributed by atoms with Gasteiger partial charge >= 0.3 is 0 Å². The molecule has 1 aliphatic rings. The second kappa shape index (κ2) is 8.55. The number of hydrogen-bond donors (Lipinski definition) is 2. The van der Waals surface area contributed by atoms with Crippen molar-refractivity contribution in [1.82, 2.24) is 25.0 Å². The van der Waals surface area contributed by atoms with Crippen LogP contribution in [0.15, 0.2) is 48.5 Å². The van der Waals surface area contributed by atoms with E-state index >= 15 is 0 Å². The maximum atomic E-state index is 14.5. The highest BCUT2D eigenvalue weighted by molar-refractivity contribution is 6.30. The van der Waals surface area contributed by atoms with Crippen LogP contribution in [0.4, 0.5) is 10.1 Å². The number of carbonyl (C=O) groups is 1. The molecule has 1 aliphatic heterocycles. The maximum Gasteiger partial charge on any atom is 0.273 e. The van der Waals surface area contributed by atoms with Gasteiger partial charge in [0.15, 0.2) is 5.82 Å². The molecule has 7 nitrogen and oxygen atoms in total. The molecule has 32 heavy (non-hydrogen) atoms. The minimum Gasteiger partial charge on any atom is -0.318 e. The van der Waals surface area contributed by atoms with E-state index in [9.17, 15) is 9.18 Å². The van der Waals surface area contributed by atoms with Gasteiger partial charge in [0, 0.05) is 29.1 Å². The zero-order valence-corrected chi connectivity index (χ0v) is 17.9. The van der Waals surface area contributed by atoms with Crippen molar-refractivity contribution < 1.29 is 9.18 Å². The maximum absolute atomic E-state index is 14.5. The lowest BCUT2D eigenvalue weighted by Gasteiger charge is -2.10. The van der Waals surface area contributed by atoms with E-state index in [1.54, 1.807) is 36.4 Å². The Kier molecular flexibility index (Phi) is 5.45. The third-order valence-electron chi connectivity index (χ3n) is 5.53. The van der Waals surface area contributed by atoms with E-state index in [4.69, 9.17) is 11.6 Å². The molecule has 0 fully saturated rings. The number of nitrogens with one attached hydrogen (secondary N) is 2. The quantitative estimate of drug-likeness (QED) is 0.452. The van der Waals surface area contributed by atoms with Crippen LogP contribution < -0.4 is 5.32 Å². The van der Waals surface area contributed by atoms with E-state index in [-0.39, 0.29) is 11.4 Å². The largest absolute Gasteiger partial charge is 0.318 e. The number of aromatic nitrogens is 5. The molecule has 0 bridgehead atoms. The fourth-order valence-corrected chi connectivity index (χ4v) is 4.07. The summed E-state index contributed by atoms with van der Waals surface area (Å²) >= 11 is 6.03. The van der Waals surface area contributed by atoms with Crippen molar-refractivity contribution in [2.45, 2.75) is 32.2 Å². The summed E-state index contributed by atoms with van der Waals surface area (Å²) in [5, 5.41) is 18.7. The molecular formula is C23H20ClFN6O. The molecule has 3 heterocycles. The molecule has 0 radical (unpaired) electrons. The van der Waals surface area contributed by atoms with Crippen molar-refractivity contribution in [3.05, 3.63) is 70.9 Å². The molecule has 0 atom stereocenters. The van der Waals surface area contributed by atoms with Crippen LogP contribution in [0.2, 0.25) is 5.02 Å². The first kappa shape index (κ1) is 20.4. The van der Waals surface area contributed by atoms with Crippen LogP contribution in [0.5, 0.6) is 0 Å². The van der Waals surface area contributed by atoms with Crippen LogP contribution in [0.25, 0.3) is 22.6 Å². The molecule has 0 aliphatic carbocycles. The zero-order valence-electron chi connectivity index (χ0n) is 17.1. The first-order chi connectivity index (χ1) is 15.6. The van der Waals surface area contributed by atoms with Gasteiger partial charge in [-0.25, -0.2) is 4.39 Å². The zero-order chi connectivity index (χ0) is 22.1. The number of hydrogen-bond acceptors (Lipinski definition) is 4. The molecule has 2 aromatic heterocycles. The molecule has 2 N–H and O–H groups in total. The molecule has 162 valence electrons. The van der Waals surface area contributed by atoms with Crippen molar-refractivity contribution in [3.63, 3.8) is 0 Å². The van der Waals surface area contributed by atoms with Gasteiger partial charge in [-0.2, -0.15) is 5.10 Å². The fourth-order valence-electron chi connectivity index (χ4n) is 3.88. The normalized spacial score (nSPS) is 13.4. The molecule has 2 aromatic carbocycles. The highest BCUT2D eigenvalue weighted by Gasteiger charge is 2.19. The molecule has 4 aromatic rings. The first-order valence-corrected chi connectivity index (χ1v) is 10.8. The van der Waals surface area contributed by atoms with Gasteiger partial charge in [0.1, 0.15) is 17.3 Å². The number of aromatic amines is 1. The third kappa shape index (κ3) is 4.01. The van der Waals surface area contributed by atoms with Crippen LogP contribution >= 0.6 is 11.6 Å². The van der Waals surface area contributed by atoms with Crippen molar-refractivity contribution >= 4 is 23.2 Å². The number of nitrogens with zero attached hydrogens (tertiary/aromatic N) is 4. The van der Waals surface area contributed by atoms with Crippen molar-refractivity contribution in [3.8, 4) is 22.6 Å².